The summed E-state index contributed by atoms with van der Waals surface area (Å²) in [7, 11) is 0. The van der Waals surface area contributed by atoms with Crippen molar-refractivity contribution in [3.8, 4) is 0 Å². The minimum atomic E-state index is -1.11. The van der Waals surface area contributed by atoms with Gasteiger partial charge in [-0.05, 0) is 74.7 Å². The number of nitrogens with zero attached hydrogens (tertiary/aromatic N) is 1. The second kappa shape index (κ2) is 15.5. The van der Waals surface area contributed by atoms with Crippen LogP contribution >= 0.6 is 0 Å². The number of esters is 1. The van der Waals surface area contributed by atoms with E-state index in [1.165, 1.54) is 0 Å². The van der Waals surface area contributed by atoms with Crippen LogP contribution in [0.15, 0.2) is 30.3 Å². The van der Waals surface area contributed by atoms with Crippen LogP contribution in [0.4, 0.5) is 4.79 Å². The molecule has 12 nitrogen and oxygen atoms in total. The SMILES string of the molecule is CC(C)(C)OC(=O)N[C@H](C(=O)N1C[C@H]2[C@@H](C1C(=O)N[C@H](CC1CCC1)C(=O)C(=O)NCC(=O)OCc1ccccc1)C2(C)C)C1CCCCC1. The average Bonchev–Trinajstić information content (AvgIpc) is 3.36. The molecule has 0 spiro atoms. The Balaban J connectivity index is 1.27. The highest BCUT2D eigenvalue weighted by molar-refractivity contribution is 6.38. The van der Waals surface area contributed by atoms with Gasteiger partial charge in [0, 0.05) is 6.54 Å². The molecular formula is C38H54N4O8. The molecule has 1 aromatic rings. The number of rotatable bonds is 13. The van der Waals surface area contributed by atoms with Crippen LogP contribution in [0.25, 0.3) is 0 Å². The van der Waals surface area contributed by atoms with Gasteiger partial charge < -0.3 is 30.3 Å². The molecule has 1 unspecified atom stereocenters. The van der Waals surface area contributed by atoms with E-state index in [0.29, 0.717) is 13.0 Å². The Bertz CT molecular complexity index is 1430. The smallest absolute Gasteiger partial charge is 0.408 e. The van der Waals surface area contributed by atoms with Crippen molar-refractivity contribution in [3.05, 3.63) is 35.9 Å². The van der Waals surface area contributed by atoms with Crippen molar-refractivity contribution >= 4 is 35.6 Å². The normalized spacial score (nSPS) is 24.1. The van der Waals surface area contributed by atoms with Gasteiger partial charge in [0.2, 0.25) is 17.6 Å². The summed E-state index contributed by atoms with van der Waals surface area (Å²) in [6, 6.07) is 6.28. The first-order valence-electron chi connectivity index (χ1n) is 18.3. The van der Waals surface area contributed by atoms with Gasteiger partial charge in [-0.2, -0.15) is 0 Å². The summed E-state index contributed by atoms with van der Waals surface area (Å²) < 4.78 is 10.7. The summed E-state index contributed by atoms with van der Waals surface area (Å²) >= 11 is 0. The number of amides is 4. The molecule has 3 N–H and O–H groups in total. The first-order valence-corrected chi connectivity index (χ1v) is 18.3. The van der Waals surface area contributed by atoms with E-state index in [9.17, 15) is 28.8 Å². The maximum atomic E-state index is 14.4. The van der Waals surface area contributed by atoms with Crippen molar-refractivity contribution in [3.63, 3.8) is 0 Å². The van der Waals surface area contributed by atoms with E-state index in [0.717, 1.165) is 56.9 Å². The molecule has 5 rings (SSSR count). The lowest BCUT2D eigenvalue weighted by molar-refractivity contribution is -0.147. The average molecular weight is 695 g/mol. The Morgan fingerprint density at radius 2 is 1.60 bits per heavy atom. The highest BCUT2D eigenvalue weighted by Crippen LogP contribution is 2.65. The van der Waals surface area contributed by atoms with Gasteiger partial charge in [-0.1, -0.05) is 82.7 Å². The molecule has 5 atom stereocenters. The number of carbonyl (C=O) groups is 6. The van der Waals surface area contributed by atoms with Crippen LogP contribution in [0.3, 0.4) is 0 Å². The number of fused-ring (bicyclic) bond motifs is 1. The fraction of sp³-hybridized carbons (Fsp3) is 0.684. The van der Waals surface area contributed by atoms with Gasteiger partial charge in [0.1, 0.15) is 30.8 Å². The molecule has 0 bridgehead atoms. The molecule has 3 saturated carbocycles. The molecule has 12 heteroatoms. The summed E-state index contributed by atoms with van der Waals surface area (Å²) in [5.41, 5.74) is -0.150. The Hall–Kier alpha value is -3.96. The third-order valence-electron chi connectivity index (χ3n) is 11.1. The van der Waals surface area contributed by atoms with Crippen molar-refractivity contribution < 1.29 is 38.2 Å². The molecular weight excluding hydrogens is 640 g/mol. The maximum absolute atomic E-state index is 14.4. The Kier molecular flexibility index (Phi) is 11.6. The second-order valence-electron chi connectivity index (χ2n) is 16.2. The summed E-state index contributed by atoms with van der Waals surface area (Å²) in [6.07, 6.45) is 6.92. The largest absolute Gasteiger partial charge is 0.460 e. The van der Waals surface area contributed by atoms with E-state index in [1.54, 1.807) is 37.8 Å². The third kappa shape index (κ3) is 9.03. The van der Waals surface area contributed by atoms with Gasteiger partial charge in [-0.15, -0.1) is 0 Å². The number of carbonyl (C=O) groups excluding carboxylic acids is 6. The molecule has 1 aliphatic heterocycles. The predicted octanol–water partition coefficient (Wildman–Crippen LogP) is 4.05. The van der Waals surface area contributed by atoms with Gasteiger partial charge >= 0.3 is 12.1 Å². The number of alkyl carbamates (subject to hydrolysis) is 1. The molecule has 1 aromatic carbocycles. The number of hydrogen-bond donors (Lipinski definition) is 3. The first kappa shape index (κ1) is 37.3. The summed E-state index contributed by atoms with van der Waals surface area (Å²) in [6.45, 7) is 9.35. The predicted molar refractivity (Wildman–Crippen MR) is 184 cm³/mol. The number of nitrogens with one attached hydrogen (secondary N) is 3. The fourth-order valence-corrected chi connectivity index (χ4v) is 8.01. The van der Waals surface area contributed by atoms with Crippen molar-refractivity contribution in [2.45, 2.75) is 123 Å². The molecule has 3 aliphatic carbocycles. The minimum Gasteiger partial charge on any atom is -0.460 e. The lowest BCUT2D eigenvalue weighted by atomic mass is 9.80. The van der Waals surface area contributed by atoms with Gasteiger partial charge in [0.15, 0.2) is 0 Å². The van der Waals surface area contributed by atoms with Crippen LogP contribution < -0.4 is 16.0 Å². The van der Waals surface area contributed by atoms with E-state index in [-0.39, 0.29) is 41.6 Å². The standard InChI is InChI=1S/C38H54N4O8/c1-37(2,3)50-36(48)41-30(25-17-10-7-11-18-25)35(47)42-21-26-29(38(26,4)5)31(42)33(45)40-27(19-23-15-12-16-23)32(44)34(46)39-20-28(43)49-22-24-13-8-6-9-14-24/h6,8-9,13-14,23,25-27,29-31H,7,10-12,15-22H2,1-5H3,(H,39,46)(H,40,45)(H,41,48)/t26-,27+,29-,30-,31?/m0/s1. The molecule has 274 valence electrons. The van der Waals surface area contributed by atoms with Crippen LogP contribution in [0.5, 0.6) is 0 Å². The number of ether oxygens (including phenoxy) is 2. The number of Topliss-reactive ketones (excluding diaryl/α,β-unsaturated/α-hetero) is 1. The quantitative estimate of drug-likeness (QED) is 0.206. The number of likely N-dealkylation sites (tertiary alicyclic amines) is 1. The summed E-state index contributed by atoms with van der Waals surface area (Å²) in [5.74, 6) is -3.27. The topological polar surface area (TPSA) is 160 Å². The van der Waals surface area contributed by atoms with Crippen LogP contribution in [-0.4, -0.2) is 77.3 Å². The molecule has 1 heterocycles. The van der Waals surface area contributed by atoms with E-state index >= 15 is 0 Å². The molecule has 4 amide bonds. The zero-order chi connectivity index (χ0) is 36.2. The summed E-state index contributed by atoms with van der Waals surface area (Å²) in [5, 5.41) is 8.09. The fourth-order valence-electron chi connectivity index (χ4n) is 8.01. The van der Waals surface area contributed by atoms with Gasteiger partial charge in [-0.25, -0.2) is 4.79 Å². The molecule has 4 fully saturated rings. The monoisotopic (exact) mass is 694 g/mol. The Labute approximate surface area is 295 Å². The van der Waals surface area contributed by atoms with Crippen molar-refractivity contribution in [2.75, 3.05) is 13.1 Å². The Morgan fingerprint density at radius 3 is 2.22 bits per heavy atom. The van der Waals surface area contributed by atoms with E-state index < -0.39 is 59.9 Å². The minimum absolute atomic E-state index is 0.0356. The highest BCUT2D eigenvalue weighted by Gasteiger charge is 2.69. The number of ketones is 1. The van der Waals surface area contributed by atoms with Crippen LogP contribution in [0.1, 0.15) is 98.0 Å². The first-order chi connectivity index (χ1) is 23.7. The van der Waals surface area contributed by atoms with E-state index in [1.807, 2.05) is 18.2 Å². The van der Waals surface area contributed by atoms with Crippen LogP contribution in [0.2, 0.25) is 0 Å². The van der Waals surface area contributed by atoms with E-state index in [4.69, 9.17) is 9.47 Å². The molecule has 1 saturated heterocycles. The lowest BCUT2D eigenvalue weighted by Crippen LogP contribution is -2.60. The van der Waals surface area contributed by atoms with E-state index in [2.05, 4.69) is 29.8 Å². The Morgan fingerprint density at radius 1 is 0.920 bits per heavy atom. The zero-order valence-electron chi connectivity index (χ0n) is 30.1. The third-order valence-corrected chi connectivity index (χ3v) is 11.1. The molecule has 0 aromatic heterocycles. The van der Waals surface area contributed by atoms with Crippen LogP contribution in [-0.2, 0) is 40.1 Å². The molecule has 4 aliphatic rings. The molecule has 0 radical (unpaired) electrons. The van der Waals surface area contributed by atoms with Gasteiger partial charge in [0.25, 0.3) is 5.91 Å². The number of piperidine rings is 1. The molecule has 50 heavy (non-hydrogen) atoms. The van der Waals surface area contributed by atoms with Gasteiger partial charge in [0.05, 0.1) is 6.04 Å². The highest BCUT2D eigenvalue weighted by atomic mass is 16.6. The summed E-state index contributed by atoms with van der Waals surface area (Å²) in [4.78, 5) is 82.0. The number of benzene rings is 1. The van der Waals surface area contributed by atoms with Crippen molar-refractivity contribution in [1.29, 1.82) is 0 Å². The maximum Gasteiger partial charge on any atom is 0.408 e. The zero-order valence-corrected chi connectivity index (χ0v) is 30.1. The van der Waals surface area contributed by atoms with Crippen molar-refractivity contribution in [2.24, 2.45) is 29.1 Å². The second-order valence-corrected chi connectivity index (χ2v) is 16.2. The van der Waals surface area contributed by atoms with Crippen LogP contribution in [0, 0.1) is 29.1 Å². The lowest BCUT2D eigenvalue weighted by Gasteiger charge is -2.37. The van der Waals surface area contributed by atoms with Gasteiger partial charge in [-0.3, -0.25) is 24.0 Å². The van der Waals surface area contributed by atoms with Crippen molar-refractivity contribution in [1.82, 2.24) is 20.9 Å². The number of hydrogen-bond acceptors (Lipinski definition) is 8.